The minimum Gasteiger partial charge on any atom is -0.365 e. The van der Waals surface area contributed by atoms with Gasteiger partial charge in [0.1, 0.15) is 11.3 Å². The third kappa shape index (κ3) is 4.56. The zero-order valence-corrected chi connectivity index (χ0v) is 14.1. The van der Waals surface area contributed by atoms with Gasteiger partial charge in [-0.3, -0.25) is 9.59 Å². The summed E-state index contributed by atoms with van der Waals surface area (Å²) in [6, 6.07) is 0. The van der Waals surface area contributed by atoms with Crippen LogP contribution in [0, 0.1) is 18.8 Å². The molecule has 1 heterocycles. The molecule has 23 heavy (non-hydrogen) atoms. The number of anilines is 1. The molecule has 1 saturated carbocycles. The van der Waals surface area contributed by atoms with E-state index in [-0.39, 0.29) is 17.3 Å². The molecule has 2 unspecified atom stereocenters. The van der Waals surface area contributed by atoms with Gasteiger partial charge < -0.3 is 15.6 Å². The fourth-order valence-electron chi connectivity index (χ4n) is 3.67. The summed E-state index contributed by atoms with van der Waals surface area (Å²) in [5.41, 5.74) is 5.44. The smallest absolute Gasteiger partial charge is 0.256 e. The Morgan fingerprint density at radius 3 is 2.52 bits per heavy atom. The largest absolute Gasteiger partial charge is 0.365 e. The number of rotatable bonds is 7. The van der Waals surface area contributed by atoms with Crippen LogP contribution in [0.1, 0.15) is 74.4 Å². The predicted molar refractivity (Wildman–Crippen MR) is 88.0 cm³/mol. The Hall–Kier alpha value is -1.85. The molecule has 3 N–H and O–H groups in total. The van der Waals surface area contributed by atoms with Gasteiger partial charge in [-0.05, 0) is 25.2 Å². The topological polar surface area (TPSA) is 98.2 Å². The Morgan fingerprint density at radius 2 is 1.91 bits per heavy atom. The number of hydrogen-bond donors (Lipinski definition) is 2. The third-order valence-corrected chi connectivity index (χ3v) is 4.84. The van der Waals surface area contributed by atoms with Gasteiger partial charge >= 0.3 is 0 Å². The van der Waals surface area contributed by atoms with E-state index in [9.17, 15) is 9.59 Å². The van der Waals surface area contributed by atoms with Gasteiger partial charge in [0, 0.05) is 6.42 Å². The van der Waals surface area contributed by atoms with Gasteiger partial charge in [-0.1, -0.05) is 50.6 Å². The van der Waals surface area contributed by atoms with Crippen molar-refractivity contribution in [1.29, 1.82) is 0 Å². The molecule has 1 fully saturated rings. The van der Waals surface area contributed by atoms with Crippen molar-refractivity contribution >= 4 is 17.6 Å². The molecule has 128 valence electrons. The first-order valence-electron chi connectivity index (χ1n) is 8.58. The summed E-state index contributed by atoms with van der Waals surface area (Å²) in [6.45, 7) is 3.82. The minimum atomic E-state index is -0.644. The summed E-state index contributed by atoms with van der Waals surface area (Å²) in [5, 5.41) is 6.36. The normalized spacial score (nSPS) is 21.1. The molecule has 1 aliphatic rings. The number of aromatic nitrogens is 1. The maximum absolute atomic E-state index is 12.2. The Kier molecular flexibility index (Phi) is 6.19. The third-order valence-electron chi connectivity index (χ3n) is 4.84. The van der Waals surface area contributed by atoms with Crippen LogP contribution in [0.2, 0.25) is 0 Å². The van der Waals surface area contributed by atoms with Crippen LogP contribution in [0.3, 0.4) is 0 Å². The van der Waals surface area contributed by atoms with Gasteiger partial charge in [-0.25, -0.2) is 0 Å². The Morgan fingerprint density at radius 1 is 1.26 bits per heavy atom. The van der Waals surface area contributed by atoms with Crippen LogP contribution in [-0.4, -0.2) is 17.0 Å². The molecule has 0 bridgehead atoms. The minimum absolute atomic E-state index is 0.133. The lowest BCUT2D eigenvalue weighted by atomic mass is 9.75. The van der Waals surface area contributed by atoms with Crippen molar-refractivity contribution in [2.75, 3.05) is 5.32 Å². The van der Waals surface area contributed by atoms with E-state index >= 15 is 0 Å². The number of nitrogens with one attached hydrogen (secondary N) is 1. The molecule has 0 aromatic carbocycles. The van der Waals surface area contributed by atoms with Crippen molar-refractivity contribution in [1.82, 2.24) is 5.16 Å². The molecular weight excluding hydrogens is 294 g/mol. The van der Waals surface area contributed by atoms with Crippen molar-refractivity contribution in [3.63, 3.8) is 0 Å². The maximum Gasteiger partial charge on any atom is 0.256 e. The van der Waals surface area contributed by atoms with Crippen LogP contribution in [0.4, 0.5) is 5.82 Å². The summed E-state index contributed by atoms with van der Waals surface area (Å²) < 4.78 is 4.94. The predicted octanol–water partition coefficient (Wildman–Crippen LogP) is 3.41. The number of hydrogen-bond acceptors (Lipinski definition) is 4. The summed E-state index contributed by atoms with van der Waals surface area (Å²) in [4.78, 5) is 23.5. The number of carbonyl (C=O) groups excluding carboxylic acids is 2. The second-order valence-electron chi connectivity index (χ2n) is 6.51. The van der Waals surface area contributed by atoms with E-state index in [2.05, 4.69) is 17.4 Å². The van der Waals surface area contributed by atoms with E-state index in [4.69, 9.17) is 10.3 Å². The SMILES string of the molecule is CCCC1CCCCC1CCC(=O)Nc1noc(C)c1C(N)=O. The monoisotopic (exact) mass is 321 g/mol. The fraction of sp³-hybridized carbons (Fsp3) is 0.706. The van der Waals surface area contributed by atoms with Crippen molar-refractivity contribution < 1.29 is 14.1 Å². The van der Waals surface area contributed by atoms with Crippen LogP contribution in [0.25, 0.3) is 0 Å². The van der Waals surface area contributed by atoms with Crippen LogP contribution >= 0.6 is 0 Å². The lowest BCUT2D eigenvalue weighted by Gasteiger charge is -2.31. The van der Waals surface area contributed by atoms with Crippen LogP contribution < -0.4 is 11.1 Å². The molecule has 2 amide bonds. The van der Waals surface area contributed by atoms with Crippen LogP contribution in [-0.2, 0) is 4.79 Å². The number of nitrogens with two attached hydrogens (primary N) is 1. The first-order valence-corrected chi connectivity index (χ1v) is 8.58. The fourth-order valence-corrected chi connectivity index (χ4v) is 3.67. The van der Waals surface area contributed by atoms with E-state index in [0.29, 0.717) is 18.1 Å². The Balaban J connectivity index is 1.88. The van der Waals surface area contributed by atoms with E-state index < -0.39 is 5.91 Å². The highest BCUT2D eigenvalue weighted by Crippen LogP contribution is 2.36. The van der Waals surface area contributed by atoms with E-state index in [1.807, 2.05) is 0 Å². The summed E-state index contributed by atoms with van der Waals surface area (Å²) in [5.74, 6) is 1.05. The number of amides is 2. The van der Waals surface area contributed by atoms with Gasteiger partial charge in [-0.15, -0.1) is 0 Å². The standard InChI is InChI=1S/C17H27N3O3/c1-3-6-12-7-4-5-8-13(12)9-10-14(21)19-17-15(16(18)22)11(2)23-20-17/h12-13H,3-10H2,1-2H3,(H2,18,22)(H,19,20,21). The van der Waals surface area contributed by atoms with E-state index in [0.717, 1.165) is 12.3 Å². The molecule has 1 aliphatic carbocycles. The van der Waals surface area contributed by atoms with Crippen molar-refractivity contribution in [3.05, 3.63) is 11.3 Å². The number of primary amides is 1. The molecule has 0 saturated heterocycles. The molecule has 0 aliphatic heterocycles. The van der Waals surface area contributed by atoms with Crippen molar-refractivity contribution in [2.24, 2.45) is 17.6 Å². The van der Waals surface area contributed by atoms with Crippen molar-refractivity contribution in [2.45, 2.75) is 65.2 Å². The number of carbonyl (C=O) groups is 2. The molecule has 0 spiro atoms. The summed E-state index contributed by atoms with van der Waals surface area (Å²) >= 11 is 0. The number of nitrogens with zero attached hydrogens (tertiary/aromatic N) is 1. The highest BCUT2D eigenvalue weighted by atomic mass is 16.5. The summed E-state index contributed by atoms with van der Waals surface area (Å²) in [7, 11) is 0. The van der Waals surface area contributed by atoms with E-state index in [1.165, 1.54) is 38.5 Å². The highest BCUT2D eigenvalue weighted by Gasteiger charge is 2.25. The quantitative estimate of drug-likeness (QED) is 0.804. The Labute approximate surface area is 137 Å². The summed E-state index contributed by atoms with van der Waals surface area (Å²) in [6.07, 6.45) is 8.86. The lowest BCUT2D eigenvalue weighted by Crippen LogP contribution is -2.22. The molecule has 0 radical (unpaired) electrons. The molecule has 1 aromatic heterocycles. The van der Waals surface area contributed by atoms with Crippen molar-refractivity contribution in [3.8, 4) is 0 Å². The number of aryl methyl sites for hydroxylation is 1. The van der Waals surface area contributed by atoms with E-state index in [1.54, 1.807) is 6.92 Å². The highest BCUT2D eigenvalue weighted by molar-refractivity contribution is 6.02. The van der Waals surface area contributed by atoms with Gasteiger partial charge in [0.15, 0.2) is 5.82 Å². The zero-order chi connectivity index (χ0) is 16.8. The van der Waals surface area contributed by atoms with Gasteiger partial charge in [0.2, 0.25) is 5.91 Å². The average Bonchev–Trinajstić information content (AvgIpc) is 2.87. The molecule has 6 heteroatoms. The lowest BCUT2D eigenvalue weighted by molar-refractivity contribution is -0.116. The Bertz CT molecular complexity index is 551. The van der Waals surface area contributed by atoms with Crippen LogP contribution in [0.5, 0.6) is 0 Å². The molecule has 1 aromatic rings. The maximum atomic E-state index is 12.2. The van der Waals surface area contributed by atoms with Gasteiger partial charge in [0.05, 0.1) is 0 Å². The zero-order valence-electron chi connectivity index (χ0n) is 14.1. The second kappa shape index (κ2) is 8.13. The molecule has 6 nitrogen and oxygen atoms in total. The van der Waals surface area contributed by atoms with Gasteiger partial charge in [0.25, 0.3) is 5.91 Å². The molecular formula is C17H27N3O3. The second-order valence-corrected chi connectivity index (χ2v) is 6.51. The van der Waals surface area contributed by atoms with Crippen LogP contribution in [0.15, 0.2) is 4.52 Å². The first-order chi connectivity index (χ1) is 11.0. The average molecular weight is 321 g/mol. The first kappa shape index (κ1) is 17.5. The van der Waals surface area contributed by atoms with Gasteiger partial charge in [-0.2, -0.15) is 0 Å². The molecule has 2 rings (SSSR count). The molecule has 2 atom stereocenters.